The lowest BCUT2D eigenvalue weighted by atomic mass is 10.2. The molecule has 0 unspecified atom stereocenters. The zero-order valence-corrected chi connectivity index (χ0v) is 16.7. The minimum Gasteiger partial charge on any atom is -0.355 e. The molecule has 0 aliphatic rings. The number of aryl methyl sites for hydroxylation is 1. The fourth-order valence-corrected chi connectivity index (χ4v) is 3.65. The van der Waals surface area contributed by atoms with Crippen LogP contribution in [-0.4, -0.2) is 44.2 Å². The SMILES string of the molecule is CNC(=O)c1ccc(NC(=O)CSc2nc3ccccc3c3nc(C)nn23)cc1. The van der Waals surface area contributed by atoms with Crippen molar-refractivity contribution in [2.24, 2.45) is 0 Å². The number of nitrogens with one attached hydrogen (secondary N) is 2. The van der Waals surface area contributed by atoms with Crippen LogP contribution in [0.2, 0.25) is 0 Å². The molecule has 0 spiro atoms. The van der Waals surface area contributed by atoms with Gasteiger partial charge in [-0.3, -0.25) is 9.59 Å². The Morgan fingerprint density at radius 2 is 1.83 bits per heavy atom. The number of carbonyl (C=O) groups is 2. The van der Waals surface area contributed by atoms with Crippen molar-refractivity contribution in [3.63, 3.8) is 0 Å². The number of anilines is 1. The summed E-state index contributed by atoms with van der Waals surface area (Å²) in [5, 5.41) is 11.3. The number of carbonyl (C=O) groups excluding carboxylic acids is 2. The second-order valence-electron chi connectivity index (χ2n) is 6.30. The van der Waals surface area contributed by atoms with Crippen molar-refractivity contribution in [2.75, 3.05) is 18.1 Å². The van der Waals surface area contributed by atoms with Crippen LogP contribution in [0.3, 0.4) is 0 Å². The van der Waals surface area contributed by atoms with Gasteiger partial charge >= 0.3 is 0 Å². The van der Waals surface area contributed by atoms with Gasteiger partial charge in [0.1, 0.15) is 5.82 Å². The fourth-order valence-electron chi connectivity index (χ4n) is 2.90. The van der Waals surface area contributed by atoms with Crippen molar-refractivity contribution in [1.82, 2.24) is 24.9 Å². The standard InChI is InChI=1S/C20H18N6O2S/c1-12-22-18-15-5-3-4-6-16(15)24-20(26(18)25-12)29-11-17(27)23-14-9-7-13(8-10-14)19(28)21-2/h3-10H,11H2,1-2H3,(H,21,28)(H,23,27). The first-order valence-electron chi connectivity index (χ1n) is 8.92. The largest absolute Gasteiger partial charge is 0.355 e. The maximum atomic E-state index is 12.4. The van der Waals surface area contributed by atoms with Gasteiger partial charge < -0.3 is 10.6 Å². The van der Waals surface area contributed by atoms with E-state index >= 15 is 0 Å². The monoisotopic (exact) mass is 406 g/mol. The smallest absolute Gasteiger partial charge is 0.251 e. The van der Waals surface area contributed by atoms with E-state index in [4.69, 9.17) is 0 Å². The summed E-state index contributed by atoms with van der Waals surface area (Å²) in [6.45, 7) is 1.82. The molecule has 0 fully saturated rings. The van der Waals surface area contributed by atoms with Crippen LogP contribution in [0.4, 0.5) is 5.69 Å². The Labute approximate surface area is 170 Å². The summed E-state index contributed by atoms with van der Waals surface area (Å²) in [6.07, 6.45) is 0. The molecule has 9 heteroatoms. The van der Waals surface area contributed by atoms with Crippen LogP contribution in [0.1, 0.15) is 16.2 Å². The lowest BCUT2D eigenvalue weighted by Crippen LogP contribution is -2.18. The minimum atomic E-state index is -0.178. The van der Waals surface area contributed by atoms with E-state index in [0.29, 0.717) is 22.2 Å². The van der Waals surface area contributed by atoms with Gasteiger partial charge in [0.15, 0.2) is 10.8 Å². The summed E-state index contributed by atoms with van der Waals surface area (Å²) in [5.41, 5.74) is 2.68. The number of para-hydroxylation sites is 1. The van der Waals surface area contributed by atoms with Crippen LogP contribution in [0.25, 0.3) is 16.6 Å². The first-order chi connectivity index (χ1) is 14.0. The average Bonchev–Trinajstić information content (AvgIpc) is 3.14. The molecule has 2 amide bonds. The Kier molecular flexibility index (Phi) is 5.13. The molecule has 0 atom stereocenters. The Hall–Kier alpha value is -3.46. The normalized spacial score (nSPS) is 11.0. The molecule has 4 aromatic rings. The molecular weight excluding hydrogens is 388 g/mol. The van der Waals surface area contributed by atoms with Crippen LogP contribution in [0, 0.1) is 6.92 Å². The number of amides is 2. The highest BCUT2D eigenvalue weighted by molar-refractivity contribution is 7.99. The van der Waals surface area contributed by atoms with Gasteiger partial charge in [-0.2, -0.15) is 4.52 Å². The van der Waals surface area contributed by atoms with Gasteiger partial charge in [0.2, 0.25) is 5.91 Å². The number of hydrogen-bond acceptors (Lipinski definition) is 6. The Balaban J connectivity index is 1.50. The van der Waals surface area contributed by atoms with E-state index in [1.165, 1.54) is 11.8 Å². The number of hydrogen-bond donors (Lipinski definition) is 2. The van der Waals surface area contributed by atoms with E-state index in [2.05, 4.69) is 25.7 Å². The number of fused-ring (bicyclic) bond motifs is 3. The molecule has 2 aromatic heterocycles. The molecule has 2 aromatic carbocycles. The Bertz CT molecular complexity index is 1220. The lowest BCUT2D eigenvalue weighted by molar-refractivity contribution is -0.113. The second kappa shape index (κ2) is 7.88. The number of rotatable bonds is 5. The van der Waals surface area contributed by atoms with Crippen molar-refractivity contribution in [3.05, 3.63) is 59.9 Å². The van der Waals surface area contributed by atoms with Crippen molar-refractivity contribution >= 4 is 45.8 Å². The van der Waals surface area contributed by atoms with Crippen LogP contribution in [0.5, 0.6) is 0 Å². The molecule has 0 saturated heterocycles. The number of benzene rings is 2. The zero-order valence-electron chi connectivity index (χ0n) is 15.8. The molecule has 29 heavy (non-hydrogen) atoms. The highest BCUT2D eigenvalue weighted by Crippen LogP contribution is 2.24. The lowest BCUT2D eigenvalue weighted by Gasteiger charge is -2.08. The van der Waals surface area contributed by atoms with Crippen molar-refractivity contribution in [2.45, 2.75) is 12.1 Å². The molecule has 8 nitrogen and oxygen atoms in total. The predicted molar refractivity (Wildman–Crippen MR) is 112 cm³/mol. The minimum absolute atomic E-state index is 0.163. The first kappa shape index (κ1) is 18.9. The molecule has 0 aliphatic heterocycles. The van der Waals surface area contributed by atoms with Gasteiger partial charge in [-0.25, -0.2) is 9.97 Å². The summed E-state index contributed by atoms with van der Waals surface area (Å²) in [4.78, 5) is 33.1. The van der Waals surface area contributed by atoms with Crippen LogP contribution < -0.4 is 10.6 Å². The summed E-state index contributed by atoms with van der Waals surface area (Å²) >= 11 is 1.29. The third kappa shape index (κ3) is 3.90. The van der Waals surface area contributed by atoms with Crippen molar-refractivity contribution in [1.29, 1.82) is 0 Å². The topological polar surface area (TPSA) is 101 Å². The van der Waals surface area contributed by atoms with Gasteiger partial charge in [-0.1, -0.05) is 23.9 Å². The molecule has 2 N–H and O–H groups in total. The summed E-state index contributed by atoms with van der Waals surface area (Å²) in [5.74, 6) is 0.456. The Morgan fingerprint density at radius 1 is 1.07 bits per heavy atom. The first-order valence-corrected chi connectivity index (χ1v) is 9.90. The number of nitrogens with zero attached hydrogens (tertiary/aromatic N) is 4. The molecule has 146 valence electrons. The van der Waals surface area contributed by atoms with Gasteiger partial charge in [0, 0.05) is 23.7 Å². The molecule has 0 radical (unpaired) electrons. The van der Waals surface area contributed by atoms with E-state index in [-0.39, 0.29) is 17.6 Å². The van der Waals surface area contributed by atoms with Gasteiger partial charge in [0.25, 0.3) is 5.91 Å². The van der Waals surface area contributed by atoms with E-state index in [1.807, 2.05) is 31.2 Å². The molecule has 0 bridgehead atoms. The summed E-state index contributed by atoms with van der Waals surface area (Å²) in [7, 11) is 1.57. The maximum absolute atomic E-state index is 12.4. The van der Waals surface area contributed by atoms with Crippen LogP contribution in [-0.2, 0) is 4.79 Å². The number of aromatic nitrogens is 4. The average molecular weight is 406 g/mol. The quantitative estimate of drug-likeness (QED) is 0.390. The summed E-state index contributed by atoms with van der Waals surface area (Å²) < 4.78 is 1.67. The van der Waals surface area contributed by atoms with E-state index in [0.717, 1.165) is 16.6 Å². The van der Waals surface area contributed by atoms with Crippen LogP contribution in [0.15, 0.2) is 53.7 Å². The highest BCUT2D eigenvalue weighted by atomic mass is 32.2. The predicted octanol–water partition coefficient (Wildman–Crippen LogP) is 2.68. The molecule has 2 heterocycles. The summed E-state index contributed by atoms with van der Waals surface area (Å²) in [6, 6.07) is 14.4. The van der Waals surface area contributed by atoms with Crippen molar-refractivity contribution < 1.29 is 9.59 Å². The highest BCUT2D eigenvalue weighted by Gasteiger charge is 2.14. The third-order valence-electron chi connectivity index (χ3n) is 4.25. The van der Waals surface area contributed by atoms with Gasteiger partial charge in [0.05, 0.1) is 11.3 Å². The van der Waals surface area contributed by atoms with E-state index in [9.17, 15) is 9.59 Å². The number of thioether (sulfide) groups is 1. The maximum Gasteiger partial charge on any atom is 0.251 e. The van der Waals surface area contributed by atoms with Gasteiger partial charge in [-0.15, -0.1) is 5.10 Å². The second-order valence-corrected chi connectivity index (χ2v) is 7.24. The molecule has 4 rings (SSSR count). The molecular formula is C20H18N6O2S. The molecule has 0 saturated carbocycles. The zero-order chi connectivity index (χ0) is 20.4. The third-order valence-corrected chi connectivity index (χ3v) is 5.17. The van der Waals surface area contributed by atoms with Gasteiger partial charge in [-0.05, 0) is 43.3 Å². The van der Waals surface area contributed by atoms with Crippen molar-refractivity contribution in [3.8, 4) is 0 Å². The fraction of sp³-hybridized carbons (Fsp3) is 0.150. The van der Waals surface area contributed by atoms with Crippen LogP contribution >= 0.6 is 11.8 Å². The van der Waals surface area contributed by atoms with E-state index < -0.39 is 0 Å². The molecule has 0 aliphatic carbocycles. The Morgan fingerprint density at radius 3 is 2.59 bits per heavy atom. The van der Waals surface area contributed by atoms with E-state index in [1.54, 1.807) is 35.8 Å².